The first-order valence-electron chi connectivity index (χ1n) is 4.39. The lowest BCUT2D eigenvalue weighted by Crippen LogP contribution is -2.39. The van der Waals surface area contributed by atoms with Crippen molar-refractivity contribution in [3.8, 4) is 0 Å². The first-order chi connectivity index (χ1) is 5.63. The molecule has 1 aliphatic rings. The summed E-state index contributed by atoms with van der Waals surface area (Å²) in [5.74, 6) is 0.209. The number of hydrogen-bond donors (Lipinski definition) is 0. The molecule has 1 amide bonds. The van der Waals surface area contributed by atoms with Gasteiger partial charge in [0, 0.05) is 13.5 Å². The van der Waals surface area contributed by atoms with Gasteiger partial charge in [-0.1, -0.05) is 6.42 Å². The van der Waals surface area contributed by atoms with Crippen LogP contribution < -0.4 is 0 Å². The molecule has 1 saturated heterocycles. The highest BCUT2D eigenvalue weighted by Gasteiger charge is 2.25. The van der Waals surface area contributed by atoms with E-state index in [9.17, 15) is 9.59 Å². The quantitative estimate of drug-likeness (QED) is 0.586. The van der Waals surface area contributed by atoms with Gasteiger partial charge in [0.25, 0.3) is 0 Å². The molecule has 0 aromatic heterocycles. The molecule has 0 spiro atoms. The molecule has 1 aliphatic heterocycles. The minimum atomic E-state index is -0.167. The number of likely N-dealkylation sites (tertiary alicyclic amines) is 1. The third kappa shape index (κ3) is 1.84. The highest BCUT2D eigenvalue weighted by Crippen LogP contribution is 2.16. The molecule has 3 heteroatoms. The van der Waals surface area contributed by atoms with E-state index in [0.29, 0.717) is 6.42 Å². The molecule has 1 atom stereocenters. The van der Waals surface area contributed by atoms with Crippen LogP contribution in [0.3, 0.4) is 0 Å². The topological polar surface area (TPSA) is 37.4 Å². The Morgan fingerprint density at radius 3 is 2.75 bits per heavy atom. The third-order valence-electron chi connectivity index (χ3n) is 2.45. The van der Waals surface area contributed by atoms with Crippen LogP contribution in [0.15, 0.2) is 0 Å². The maximum Gasteiger partial charge on any atom is 0.222 e. The first kappa shape index (κ1) is 9.23. The molecule has 1 unspecified atom stereocenters. The molecule has 68 valence electrons. The summed E-state index contributed by atoms with van der Waals surface area (Å²) in [7, 11) is 1.72. The monoisotopic (exact) mass is 169 g/mol. The molecule has 0 aromatic rings. The van der Waals surface area contributed by atoms with Crippen molar-refractivity contribution in [1.82, 2.24) is 4.90 Å². The van der Waals surface area contributed by atoms with Gasteiger partial charge in [-0.2, -0.15) is 0 Å². The summed E-state index contributed by atoms with van der Waals surface area (Å²) >= 11 is 0. The molecule has 3 nitrogen and oxygen atoms in total. The Balaban J connectivity index is 2.70. The number of rotatable bonds is 1. The van der Waals surface area contributed by atoms with Crippen molar-refractivity contribution in [2.75, 3.05) is 7.05 Å². The summed E-state index contributed by atoms with van der Waals surface area (Å²) in [6.07, 6.45) is 3.34. The van der Waals surface area contributed by atoms with Crippen LogP contribution in [-0.4, -0.2) is 29.7 Å². The summed E-state index contributed by atoms with van der Waals surface area (Å²) in [4.78, 5) is 24.0. The van der Waals surface area contributed by atoms with Gasteiger partial charge in [0.2, 0.25) is 5.91 Å². The molecule has 0 radical (unpaired) electrons. The SMILES string of the molecule is CC(=O)C1CCCCC(=O)N1C. The van der Waals surface area contributed by atoms with Crippen molar-refractivity contribution in [3.63, 3.8) is 0 Å². The molecular weight excluding hydrogens is 154 g/mol. The second-order valence-electron chi connectivity index (χ2n) is 3.38. The number of likely N-dealkylation sites (N-methyl/N-ethyl adjacent to an activating group) is 1. The van der Waals surface area contributed by atoms with Gasteiger partial charge >= 0.3 is 0 Å². The summed E-state index contributed by atoms with van der Waals surface area (Å²) in [6.45, 7) is 1.56. The Morgan fingerprint density at radius 1 is 1.50 bits per heavy atom. The van der Waals surface area contributed by atoms with Crippen molar-refractivity contribution >= 4 is 11.7 Å². The maximum atomic E-state index is 11.3. The number of nitrogens with zero attached hydrogens (tertiary/aromatic N) is 1. The molecule has 1 fully saturated rings. The van der Waals surface area contributed by atoms with E-state index in [-0.39, 0.29) is 17.7 Å². The van der Waals surface area contributed by atoms with Gasteiger partial charge in [-0.25, -0.2) is 0 Å². The third-order valence-corrected chi connectivity index (χ3v) is 2.45. The fourth-order valence-electron chi connectivity index (χ4n) is 1.63. The van der Waals surface area contributed by atoms with Crippen molar-refractivity contribution in [1.29, 1.82) is 0 Å². The number of carbonyl (C=O) groups excluding carboxylic acids is 2. The molecule has 0 aromatic carbocycles. The predicted molar refractivity (Wildman–Crippen MR) is 45.7 cm³/mol. The fourth-order valence-corrected chi connectivity index (χ4v) is 1.63. The van der Waals surface area contributed by atoms with Crippen molar-refractivity contribution in [3.05, 3.63) is 0 Å². The Morgan fingerprint density at radius 2 is 2.17 bits per heavy atom. The van der Waals surface area contributed by atoms with E-state index in [1.807, 2.05) is 0 Å². The molecule has 0 N–H and O–H groups in total. The summed E-state index contributed by atoms with van der Waals surface area (Å²) in [5.41, 5.74) is 0. The van der Waals surface area contributed by atoms with Gasteiger partial charge < -0.3 is 4.90 Å². The lowest BCUT2D eigenvalue weighted by atomic mass is 10.1. The van der Waals surface area contributed by atoms with Crippen LogP contribution in [0.1, 0.15) is 32.6 Å². The zero-order valence-corrected chi connectivity index (χ0v) is 7.67. The Labute approximate surface area is 72.7 Å². The van der Waals surface area contributed by atoms with Crippen LogP contribution in [0.5, 0.6) is 0 Å². The van der Waals surface area contributed by atoms with Crippen molar-refractivity contribution in [2.24, 2.45) is 0 Å². The number of Topliss-reactive ketones (excluding diaryl/α,β-unsaturated/α-hetero) is 1. The normalized spacial score (nSPS) is 25.3. The summed E-state index contributed by atoms with van der Waals surface area (Å²) < 4.78 is 0. The zero-order valence-electron chi connectivity index (χ0n) is 7.67. The molecule has 0 aliphatic carbocycles. The number of hydrogen-bond acceptors (Lipinski definition) is 2. The van der Waals surface area contributed by atoms with Crippen LogP contribution in [0, 0.1) is 0 Å². The highest BCUT2D eigenvalue weighted by molar-refractivity contribution is 5.87. The fraction of sp³-hybridized carbons (Fsp3) is 0.778. The van der Waals surface area contributed by atoms with E-state index < -0.39 is 0 Å². The predicted octanol–water partition coefficient (Wildman–Crippen LogP) is 0.976. The average Bonchev–Trinajstić information content (AvgIpc) is 2.15. The van der Waals surface area contributed by atoms with E-state index in [4.69, 9.17) is 0 Å². The van der Waals surface area contributed by atoms with E-state index in [2.05, 4.69) is 0 Å². The van der Waals surface area contributed by atoms with E-state index >= 15 is 0 Å². The smallest absolute Gasteiger partial charge is 0.222 e. The van der Waals surface area contributed by atoms with Gasteiger partial charge in [0.1, 0.15) is 0 Å². The molecule has 1 heterocycles. The molecular formula is C9H15NO2. The van der Waals surface area contributed by atoms with Gasteiger partial charge in [0.05, 0.1) is 6.04 Å². The number of ketones is 1. The number of amides is 1. The van der Waals surface area contributed by atoms with Crippen molar-refractivity contribution in [2.45, 2.75) is 38.6 Å². The van der Waals surface area contributed by atoms with Crippen molar-refractivity contribution < 1.29 is 9.59 Å². The Kier molecular flexibility index (Phi) is 2.84. The largest absolute Gasteiger partial charge is 0.336 e. The Hall–Kier alpha value is -0.860. The lowest BCUT2D eigenvalue weighted by Gasteiger charge is -2.23. The highest BCUT2D eigenvalue weighted by atomic mass is 16.2. The molecule has 12 heavy (non-hydrogen) atoms. The van der Waals surface area contributed by atoms with Crippen LogP contribution in [0.2, 0.25) is 0 Å². The molecule has 0 saturated carbocycles. The van der Waals surface area contributed by atoms with Crippen LogP contribution in [-0.2, 0) is 9.59 Å². The second-order valence-corrected chi connectivity index (χ2v) is 3.38. The Bertz CT molecular complexity index is 201. The summed E-state index contributed by atoms with van der Waals surface area (Å²) in [5, 5.41) is 0. The minimum Gasteiger partial charge on any atom is -0.336 e. The van der Waals surface area contributed by atoms with E-state index in [1.165, 1.54) is 0 Å². The van der Waals surface area contributed by atoms with Gasteiger partial charge in [-0.3, -0.25) is 9.59 Å². The molecule has 0 bridgehead atoms. The second kappa shape index (κ2) is 3.70. The zero-order chi connectivity index (χ0) is 9.14. The van der Waals surface area contributed by atoms with Gasteiger partial charge in [-0.15, -0.1) is 0 Å². The van der Waals surface area contributed by atoms with E-state index in [1.54, 1.807) is 18.9 Å². The van der Waals surface area contributed by atoms with Crippen LogP contribution in [0.4, 0.5) is 0 Å². The maximum absolute atomic E-state index is 11.3. The lowest BCUT2D eigenvalue weighted by molar-refractivity contribution is -0.136. The number of carbonyl (C=O) groups is 2. The molecule has 1 rings (SSSR count). The van der Waals surface area contributed by atoms with Gasteiger partial charge in [0.15, 0.2) is 5.78 Å². The summed E-state index contributed by atoms with van der Waals surface area (Å²) in [6, 6.07) is -0.167. The minimum absolute atomic E-state index is 0.104. The first-order valence-corrected chi connectivity index (χ1v) is 4.39. The van der Waals surface area contributed by atoms with Gasteiger partial charge in [-0.05, 0) is 19.8 Å². The van der Waals surface area contributed by atoms with E-state index in [0.717, 1.165) is 19.3 Å². The average molecular weight is 169 g/mol. The van der Waals surface area contributed by atoms with Crippen LogP contribution in [0.25, 0.3) is 0 Å². The van der Waals surface area contributed by atoms with Crippen LogP contribution >= 0.6 is 0 Å². The standard InChI is InChI=1S/C9H15NO2/c1-7(11)8-5-3-4-6-9(12)10(8)2/h8H,3-6H2,1-2H3.